The van der Waals surface area contributed by atoms with E-state index in [1.165, 1.54) is 13.8 Å². The first kappa shape index (κ1) is 44.1. The fourth-order valence-corrected chi connectivity index (χ4v) is 6.88. The van der Waals surface area contributed by atoms with Gasteiger partial charge in [0.1, 0.15) is 110 Å². The molecule has 0 aromatic carbocycles. The van der Waals surface area contributed by atoms with Gasteiger partial charge in [-0.15, -0.1) is 0 Å². The zero-order valence-corrected chi connectivity index (χ0v) is 28.9. The highest BCUT2D eigenvalue weighted by atomic mass is 16.8. The summed E-state index contributed by atoms with van der Waals surface area (Å²) in [7, 11) is 0. The van der Waals surface area contributed by atoms with E-state index in [4.69, 9.17) is 42.6 Å². The maximum atomic E-state index is 11.4. The Labute approximate surface area is 306 Å². The predicted octanol–water partition coefficient (Wildman–Crippen LogP) is -9.87. The lowest BCUT2D eigenvalue weighted by Gasteiger charge is -2.51. The van der Waals surface area contributed by atoms with Gasteiger partial charge in [0.2, 0.25) is 0 Å². The van der Waals surface area contributed by atoms with Crippen LogP contribution in [0.5, 0.6) is 0 Å². The Balaban J connectivity index is 1.51. The Bertz CT molecular complexity index is 1170. The molecule has 0 saturated carbocycles. The molecule has 24 nitrogen and oxygen atoms in total. The first-order valence-corrected chi connectivity index (χ1v) is 17.3. The summed E-state index contributed by atoms with van der Waals surface area (Å²) in [6.45, 7) is -0.152. The Kier molecular flexibility index (Phi) is 15.0. The maximum Gasteiger partial charge on any atom is 0.187 e. The maximum absolute atomic E-state index is 11.4. The molecule has 0 spiro atoms. The van der Waals surface area contributed by atoms with E-state index < -0.39 is 173 Å². The van der Waals surface area contributed by atoms with Crippen molar-refractivity contribution in [1.29, 1.82) is 0 Å². The molecule has 25 atom stereocenters. The second-order valence-corrected chi connectivity index (χ2v) is 13.9. The minimum atomic E-state index is -2.06. The lowest BCUT2D eigenvalue weighted by atomic mass is 9.95. The van der Waals surface area contributed by atoms with Crippen molar-refractivity contribution in [3.05, 3.63) is 0 Å². The molecule has 5 saturated heterocycles. The molecule has 15 N–H and O–H groups in total. The Morgan fingerprint density at radius 1 is 0.333 bits per heavy atom. The van der Waals surface area contributed by atoms with Crippen LogP contribution in [0.25, 0.3) is 0 Å². The lowest BCUT2D eigenvalue weighted by molar-refractivity contribution is -0.411. The van der Waals surface area contributed by atoms with Gasteiger partial charge in [-0.2, -0.15) is 0 Å². The second kappa shape index (κ2) is 18.3. The summed E-state index contributed by atoms with van der Waals surface area (Å²) in [5, 5.41) is 157. The van der Waals surface area contributed by atoms with Crippen molar-refractivity contribution in [2.24, 2.45) is 0 Å². The first-order valence-electron chi connectivity index (χ1n) is 17.3. The highest BCUT2D eigenvalue weighted by Gasteiger charge is 2.57. The van der Waals surface area contributed by atoms with Gasteiger partial charge in [-0.3, -0.25) is 0 Å². The number of rotatable bonds is 11. The number of hydrogen-bond donors (Lipinski definition) is 15. The summed E-state index contributed by atoms with van der Waals surface area (Å²) >= 11 is 0. The molecule has 24 heteroatoms. The van der Waals surface area contributed by atoms with Gasteiger partial charge in [0, 0.05) is 0 Å². The third-order valence-electron chi connectivity index (χ3n) is 10.2. The molecule has 5 fully saturated rings. The van der Waals surface area contributed by atoms with Crippen LogP contribution in [0.4, 0.5) is 0 Å². The molecule has 0 aromatic rings. The summed E-state index contributed by atoms with van der Waals surface area (Å²) in [4.78, 5) is 0. The summed E-state index contributed by atoms with van der Waals surface area (Å²) in [6.07, 6.45) is -45.0. The topological polar surface area (TPSA) is 387 Å². The summed E-state index contributed by atoms with van der Waals surface area (Å²) in [5.74, 6) is 0. The van der Waals surface area contributed by atoms with E-state index >= 15 is 0 Å². The summed E-state index contributed by atoms with van der Waals surface area (Å²) in [6, 6.07) is 0. The van der Waals surface area contributed by atoms with E-state index in [9.17, 15) is 76.6 Å². The molecule has 316 valence electrons. The predicted molar refractivity (Wildman–Crippen MR) is 164 cm³/mol. The van der Waals surface area contributed by atoms with Gasteiger partial charge < -0.3 is 119 Å². The largest absolute Gasteiger partial charge is 0.394 e. The van der Waals surface area contributed by atoms with E-state index in [-0.39, 0.29) is 0 Å². The minimum absolute atomic E-state index is 0.875. The van der Waals surface area contributed by atoms with Gasteiger partial charge in [-0.05, 0) is 13.8 Å². The first-order chi connectivity index (χ1) is 25.4. The van der Waals surface area contributed by atoms with Crippen molar-refractivity contribution < 1.29 is 119 Å². The van der Waals surface area contributed by atoms with Gasteiger partial charge >= 0.3 is 0 Å². The molecular weight excluding hydrogens is 744 g/mol. The van der Waals surface area contributed by atoms with Gasteiger partial charge in [0.15, 0.2) is 31.5 Å². The average Bonchev–Trinajstić information content (AvgIpc) is 3.15. The molecule has 5 aliphatic heterocycles. The monoisotopic (exact) mass is 796 g/mol. The Hall–Kier alpha value is -0.960. The average molecular weight is 797 g/mol. The van der Waals surface area contributed by atoms with E-state index in [0.29, 0.717) is 0 Å². The molecule has 5 rings (SSSR count). The van der Waals surface area contributed by atoms with E-state index in [0.717, 1.165) is 0 Å². The normalized spacial score (nSPS) is 54.7. The second-order valence-electron chi connectivity index (χ2n) is 13.9. The zero-order chi connectivity index (χ0) is 39.9. The molecule has 0 unspecified atom stereocenters. The van der Waals surface area contributed by atoms with Crippen LogP contribution in [0.1, 0.15) is 13.8 Å². The van der Waals surface area contributed by atoms with Crippen molar-refractivity contribution in [3.63, 3.8) is 0 Å². The van der Waals surface area contributed by atoms with Gasteiger partial charge in [0.25, 0.3) is 0 Å². The fraction of sp³-hybridized carbons (Fsp3) is 1.00. The van der Waals surface area contributed by atoms with Crippen molar-refractivity contribution >= 4 is 0 Å². The lowest BCUT2D eigenvalue weighted by Crippen LogP contribution is -2.69. The molecule has 0 amide bonds. The van der Waals surface area contributed by atoms with Gasteiger partial charge in [0.05, 0.1) is 32.0 Å². The van der Waals surface area contributed by atoms with E-state index in [1.807, 2.05) is 0 Å². The van der Waals surface area contributed by atoms with Crippen LogP contribution < -0.4 is 0 Å². The molecule has 5 aliphatic rings. The number of ether oxygens (including phenoxy) is 9. The molecule has 0 radical (unpaired) electrons. The van der Waals surface area contributed by atoms with Crippen molar-refractivity contribution in [2.75, 3.05) is 19.8 Å². The molecular formula is C30H52O24. The van der Waals surface area contributed by atoms with Crippen LogP contribution in [-0.2, 0) is 42.6 Å². The molecule has 5 heterocycles. The third kappa shape index (κ3) is 8.72. The molecule has 54 heavy (non-hydrogen) atoms. The minimum Gasteiger partial charge on any atom is -0.394 e. The standard InChI is InChI=1S/C30H52O24/c1-6-11(34)15(38)18(41)27(46-6)53-24-21(44)26(45)48-10(5-33)22(24)51-30-25(54-28-19(42)16(39)12(35)7(2)47-28)23(14(37)9(4-32)50-30)52-29-20(43)17(40)13(36)8(3-31)49-29/h6-45H,3-5H2,1-2H3/t6-,7-,8+,9+,10+,11+,12+,13-,14-,15+,16+,17-,18-,19-,20+,21+,22-,23-,24+,25+,26+,27-,28-,29+,30-/m0/s1. The van der Waals surface area contributed by atoms with Crippen LogP contribution in [-0.4, -0.2) is 250 Å². The van der Waals surface area contributed by atoms with Gasteiger partial charge in [-0.1, -0.05) is 0 Å². The Morgan fingerprint density at radius 2 is 0.704 bits per heavy atom. The highest BCUT2D eigenvalue weighted by molar-refractivity contribution is 4.99. The van der Waals surface area contributed by atoms with E-state index in [2.05, 4.69) is 0 Å². The van der Waals surface area contributed by atoms with Crippen LogP contribution in [0.2, 0.25) is 0 Å². The van der Waals surface area contributed by atoms with Gasteiger partial charge in [-0.25, -0.2) is 0 Å². The number of aliphatic hydroxyl groups excluding tert-OH is 15. The van der Waals surface area contributed by atoms with Crippen LogP contribution in [0, 0.1) is 0 Å². The summed E-state index contributed by atoms with van der Waals surface area (Å²) in [5.41, 5.74) is 0. The summed E-state index contributed by atoms with van der Waals surface area (Å²) < 4.78 is 51.3. The third-order valence-corrected chi connectivity index (χ3v) is 10.2. The number of hydrogen-bond acceptors (Lipinski definition) is 24. The van der Waals surface area contributed by atoms with Crippen LogP contribution in [0.15, 0.2) is 0 Å². The van der Waals surface area contributed by atoms with Crippen molar-refractivity contribution in [2.45, 2.75) is 167 Å². The SMILES string of the molecule is C[C@@H]1O[C@@H](O[C@@H]2[C@@H](O)[C@H](O)O[C@H](CO)[C@@H]2O[C@@H]2O[C@H](CO)[C@H](O)[C@H](O[C@H]3O[C@H](CO)[C@H](O)[C@H](O)[C@H]3O)[C@H]2O[C@@H]2O[C@@H](C)[C@@H](O)[C@@H](O)[C@@H]2O)[C@@H](O)[C@H](O)[C@@H]1O. The van der Waals surface area contributed by atoms with Crippen molar-refractivity contribution in [1.82, 2.24) is 0 Å². The quantitative estimate of drug-likeness (QED) is 0.0923. The molecule has 0 aromatic heterocycles. The number of aliphatic hydroxyl groups is 15. The molecule has 0 aliphatic carbocycles. The smallest absolute Gasteiger partial charge is 0.187 e. The van der Waals surface area contributed by atoms with E-state index in [1.54, 1.807) is 0 Å². The molecule has 0 bridgehead atoms. The zero-order valence-electron chi connectivity index (χ0n) is 28.9. The van der Waals surface area contributed by atoms with Crippen molar-refractivity contribution in [3.8, 4) is 0 Å². The fourth-order valence-electron chi connectivity index (χ4n) is 6.88. The van der Waals surface area contributed by atoms with Crippen LogP contribution >= 0.6 is 0 Å². The van der Waals surface area contributed by atoms with Crippen LogP contribution in [0.3, 0.4) is 0 Å². The Morgan fingerprint density at radius 3 is 1.19 bits per heavy atom. The highest BCUT2D eigenvalue weighted by Crippen LogP contribution is 2.37.